The molecule has 2 rings (SSSR count). The van der Waals surface area contributed by atoms with Crippen molar-refractivity contribution in [3.8, 4) is 0 Å². The van der Waals surface area contributed by atoms with Gasteiger partial charge in [-0.2, -0.15) is 4.37 Å². The molecule has 0 spiro atoms. The van der Waals surface area contributed by atoms with E-state index in [0.29, 0.717) is 0 Å². The molecule has 0 aliphatic heterocycles. The van der Waals surface area contributed by atoms with Crippen LogP contribution in [-0.2, 0) is 13.0 Å². The smallest absolute Gasteiger partial charge is 0.174 e. The zero-order valence-electron chi connectivity index (χ0n) is 12.7. The number of aryl methyl sites for hydroxylation is 1. The van der Waals surface area contributed by atoms with E-state index < -0.39 is 0 Å². The predicted molar refractivity (Wildman–Crippen MR) is 91.5 cm³/mol. The average Bonchev–Trinajstić information content (AvgIpc) is 2.86. The van der Waals surface area contributed by atoms with Gasteiger partial charge in [-0.3, -0.25) is 0 Å². The fourth-order valence-corrected chi connectivity index (χ4v) is 3.60. The molecule has 1 aromatic carbocycles. The summed E-state index contributed by atoms with van der Waals surface area (Å²) in [5.74, 6) is 0.893. The van der Waals surface area contributed by atoms with E-state index in [1.807, 2.05) is 6.07 Å². The van der Waals surface area contributed by atoms with E-state index in [2.05, 4.69) is 54.5 Å². The fourth-order valence-electron chi connectivity index (χ4n) is 1.62. The second kappa shape index (κ2) is 7.09. The van der Waals surface area contributed by atoms with Gasteiger partial charge in [0, 0.05) is 23.4 Å². The van der Waals surface area contributed by atoms with Crippen LogP contribution in [0, 0.1) is 0 Å². The maximum Gasteiger partial charge on any atom is 0.174 e. The van der Waals surface area contributed by atoms with Crippen LogP contribution in [-0.4, -0.2) is 14.9 Å². The highest BCUT2D eigenvalue weighted by molar-refractivity contribution is 8.01. The Morgan fingerprint density at radius 3 is 2.67 bits per heavy atom. The summed E-state index contributed by atoms with van der Waals surface area (Å²) in [6.07, 6.45) is 0.863. The first-order valence-electron chi connectivity index (χ1n) is 6.91. The largest absolute Gasteiger partial charge is 0.308 e. The minimum atomic E-state index is 0.100. The Morgan fingerprint density at radius 2 is 2.10 bits per heavy atom. The molecule has 0 saturated carbocycles. The number of rotatable bonds is 5. The van der Waals surface area contributed by atoms with Gasteiger partial charge in [0.2, 0.25) is 0 Å². The Morgan fingerprint density at radius 1 is 1.33 bits per heavy atom. The number of nitrogens with one attached hydrogen (secondary N) is 1. The van der Waals surface area contributed by atoms with Crippen LogP contribution in [0.3, 0.4) is 0 Å². The number of aromatic nitrogens is 2. The molecule has 3 nitrogen and oxygen atoms in total. The third kappa shape index (κ3) is 5.25. The SMILES string of the molecule is CCc1nsc(Sc2ccc(CNC(C)(C)C)cc2Cl)n1. The second-order valence-electron chi connectivity index (χ2n) is 5.80. The van der Waals surface area contributed by atoms with Gasteiger partial charge in [-0.15, -0.1) is 0 Å². The van der Waals surface area contributed by atoms with Crippen LogP contribution in [0.2, 0.25) is 5.02 Å². The minimum Gasteiger partial charge on any atom is -0.308 e. The molecule has 1 heterocycles. The van der Waals surface area contributed by atoms with Crippen LogP contribution in [0.15, 0.2) is 27.4 Å². The lowest BCUT2D eigenvalue weighted by Crippen LogP contribution is -2.35. The monoisotopic (exact) mass is 341 g/mol. The standard InChI is InChI=1S/C15H20ClN3S2/c1-5-13-18-14(21-19-13)20-12-7-6-10(8-11(12)16)9-17-15(2,3)4/h6-8,17H,5,9H2,1-4H3. The van der Waals surface area contributed by atoms with Gasteiger partial charge in [-0.25, -0.2) is 4.98 Å². The molecule has 6 heteroatoms. The van der Waals surface area contributed by atoms with Crippen molar-refractivity contribution in [3.63, 3.8) is 0 Å². The van der Waals surface area contributed by atoms with E-state index in [1.54, 1.807) is 11.8 Å². The van der Waals surface area contributed by atoms with Crippen molar-refractivity contribution in [1.82, 2.24) is 14.7 Å². The van der Waals surface area contributed by atoms with E-state index in [1.165, 1.54) is 17.1 Å². The van der Waals surface area contributed by atoms with Crippen LogP contribution in [0.25, 0.3) is 0 Å². The van der Waals surface area contributed by atoms with Gasteiger partial charge < -0.3 is 5.32 Å². The average molecular weight is 342 g/mol. The molecule has 0 atom stereocenters. The maximum atomic E-state index is 6.38. The Hall–Kier alpha value is -0.620. The van der Waals surface area contributed by atoms with Gasteiger partial charge >= 0.3 is 0 Å². The molecule has 0 aliphatic carbocycles. The van der Waals surface area contributed by atoms with Crippen molar-refractivity contribution < 1.29 is 0 Å². The number of hydrogen-bond acceptors (Lipinski definition) is 5. The molecule has 1 N–H and O–H groups in total. The Labute approximate surface area is 139 Å². The third-order valence-electron chi connectivity index (χ3n) is 2.78. The maximum absolute atomic E-state index is 6.38. The molecule has 0 bridgehead atoms. The summed E-state index contributed by atoms with van der Waals surface area (Å²) in [7, 11) is 0. The highest BCUT2D eigenvalue weighted by atomic mass is 35.5. The first-order chi connectivity index (χ1) is 9.87. The summed E-state index contributed by atoms with van der Waals surface area (Å²) >= 11 is 9.38. The molecule has 21 heavy (non-hydrogen) atoms. The normalized spacial score (nSPS) is 11.9. The fraction of sp³-hybridized carbons (Fsp3) is 0.467. The lowest BCUT2D eigenvalue weighted by atomic mass is 10.1. The van der Waals surface area contributed by atoms with Gasteiger partial charge in [0.15, 0.2) is 4.34 Å². The molecular weight excluding hydrogens is 322 g/mol. The van der Waals surface area contributed by atoms with Crippen LogP contribution in [0.5, 0.6) is 0 Å². The number of hydrogen-bond donors (Lipinski definition) is 1. The van der Waals surface area contributed by atoms with Gasteiger partial charge in [0.25, 0.3) is 0 Å². The molecule has 1 aromatic heterocycles. The summed E-state index contributed by atoms with van der Waals surface area (Å²) in [6, 6.07) is 6.18. The molecular formula is C15H20ClN3S2. The van der Waals surface area contributed by atoms with Crippen LogP contribution < -0.4 is 5.32 Å². The Bertz CT molecular complexity index is 605. The summed E-state index contributed by atoms with van der Waals surface area (Å²) in [5.41, 5.74) is 1.29. The zero-order chi connectivity index (χ0) is 15.5. The Kier molecular flexibility index (Phi) is 5.66. The van der Waals surface area contributed by atoms with E-state index in [4.69, 9.17) is 11.6 Å². The van der Waals surface area contributed by atoms with Crippen molar-refractivity contribution in [1.29, 1.82) is 0 Å². The second-order valence-corrected chi connectivity index (χ2v) is 8.25. The predicted octanol–water partition coefficient (Wildman–Crippen LogP) is 4.79. The highest BCUT2D eigenvalue weighted by Crippen LogP contribution is 2.34. The molecule has 0 radical (unpaired) electrons. The van der Waals surface area contributed by atoms with E-state index >= 15 is 0 Å². The van der Waals surface area contributed by atoms with Crippen molar-refractivity contribution >= 4 is 34.9 Å². The molecule has 0 aliphatic rings. The van der Waals surface area contributed by atoms with Crippen molar-refractivity contribution in [2.24, 2.45) is 0 Å². The minimum absolute atomic E-state index is 0.100. The first-order valence-corrected chi connectivity index (χ1v) is 8.88. The molecule has 0 fully saturated rings. The van der Waals surface area contributed by atoms with E-state index in [-0.39, 0.29) is 5.54 Å². The molecule has 114 valence electrons. The number of halogens is 1. The third-order valence-corrected chi connectivity index (χ3v) is 5.07. The quantitative estimate of drug-likeness (QED) is 0.848. The molecule has 0 amide bonds. The highest BCUT2D eigenvalue weighted by Gasteiger charge is 2.11. The van der Waals surface area contributed by atoms with E-state index in [0.717, 1.165) is 33.0 Å². The van der Waals surface area contributed by atoms with E-state index in [9.17, 15) is 0 Å². The van der Waals surface area contributed by atoms with Crippen LogP contribution in [0.1, 0.15) is 39.1 Å². The number of nitrogens with zero attached hydrogens (tertiary/aromatic N) is 2. The lowest BCUT2D eigenvalue weighted by Gasteiger charge is -2.20. The lowest BCUT2D eigenvalue weighted by molar-refractivity contribution is 0.424. The zero-order valence-corrected chi connectivity index (χ0v) is 15.1. The van der Waals surface area contributed by atoms with Gasteiger partial charge in [0.05, 0.1) is 5.02 Å². The summed E-state index contributed by atoms with van der Waals surface area (Å²) < 4.78 is 5.23. The van der Waals surface area contributed by atoms with Crippen molar-refractivity contribution in [2.45, 2.75) is 55.4 Å². The topological polar surface area (TPSA) is 37.8 Å². The summed E-state index contributed by atoms with van der Waals surface area (Å²) in [5, 5.41) is 4.22. The van der Waals surface area contributed by atoms with Gasteiger partial charge in [0.1, 0.15) is 5.82 Å². The van der Waals surface area contributed by atoms with Crippen LogP contribution in [0.4, 0.5) is 0 Å². The molecule has 0 unspecified atom stereocenters. The van der Waals surface area contributed by atoms with Crippen molar-refractivity contribution in [3.05, 3.63) is 34.6 Å². The van der Waals surface area contributed by atoms with Crippen molar-refractivity contribution in [2.75, 3.05) is 0 Å². The molecule has 0 saturated heterocycles. The number of benzene rings is 1. The van der Waals surface area contributed by atoms with Gasteiger partial charge in [-0.1, -0.05) is 36.4 Å². The first kappa shape index (κ1) is 16.7. The summed E-state index contributed by atoms with van der Waals surface area (Å²) in [6.45, 7) is 9.33. The molecule has 2 aromatic rings. The summed E-state index contributed by atoms with van der Waals surface area (Å²) in [4.78, 5) is 5.48. The van der Waals surface area contributed by atoms with Crippen LogP contribution >= 0.6 is 34.9 Å². The van der Waals surface area contributed by atoms with Gasteiger partial charge in [-0.05, 0) is 50.0 Å². The Balaban J connectivity index is 2.05.